The van der Waals surface area contributed by atoms with Gasteiger partial charge in [-0.15, -0.1) is 0 Å². The van der Waals surface area contributed by atoms with Crippen molar-refractivity contribution in [3.05, 3.63) is 23.8 Å². The van der Waals surface area contributed by atoms with Crippen LogP contribution in [0.1, 0.15) is 19.4 Å². The van der Waals surface area contributed by atoms with Gasteiger partial charge in [0.05, 0.1) is 5.41 Å². The van der Waals surface area contributed by atoms with Gasteiger partial charge in [-0.05, 0) is 31.5 Å². The monoisotopic (exact) mass is 233 g/mol. The zero-order chi connectivity index (χ0) is 12.6. The molecule has 0 atom stereocenters. The first-order valence-electron chi connectivity index (χ1n) is 5.40. The van der Waals surface area contributed by atoms with Crippen molar-refractivity contribution in [1.29, 1.82) is 0 Å². The highest BCUT2D eigenvalue weighted by molar-refractivity contribution is 6.06. The Morgan fingerprint density at radius 2 is 2.06 bits per heavy atom. The van der Waals surface area contributed by atoms with Crippen LogP contribution in [-0.2, 0) is 10.2 Å². The number of hydrogen-bond donors (Lipinski definition) is 3. The third-order valence-electron chi connectivity index (χ3n) is 2.99. The van der Waals surface area contributed by atoms with E-state index >= 15 is 0 Å². The molecule has 0 saturated heterocycles. The van der Waals surface area contributed by atoms with Crippen LogP contribution in [0.25, 0.3) is 0 Å². The average molecular weight is 233 g/mol. The Kier molecular flexibility index (Phi) is 2.53. The van der Waals surface area contributed by atoms with Crippen LogP contribution in [0.3, 0.4) is 0 Å². The Morgan fingerprint density at radius 3 is 2.71 bits per heavy atom. The van der Waals surface area contributed by atoms with E-state index in [1.165, 1.54) is 0 Å². The highest BCUT2D eigenvalue weighted by atomic mass is 16.2. The number of rotatable bonds is 1. The molecule has 2 rings (SSSR count). The Labute approximate surface area is 99.6 Å². The smallest absolute Gasteiger partial charge is 0.318 e. The standard InChI is InChI=1S/C12H15N3O2/c1-12(2)8-5-4-7(14-11(17)13-3)6-9(8)15-10(12)16/h4-6H,1-3H3,(H,15,16)(H2,13,14,17). The van der Waals surface area contributed by atoms with Crippen molar-refractivity contribution in [2.24, 2.45) is 0 Å². The minimum absolute atomic E-state index is 0.0235. The van der Waals surface area contributed by atoms with E-state index in [2.05, 4.69) is 16.0 Å². The molecule has 0 radical (unpaired) electrons. The molecule has 17 heavy (non-hydrogen) atoms. The second-order valence-electron chi connectivity index (χ2n) is 4.54. The first kappa shape index (κ1) is 11.4. The third-order valence-corrected chi connectivity index (χ3v) is 2.99. The van der Waals surface area contributed by atoms with Gasteiger partial charge in [0.25, 0.3) is 0 Å². The largest absolute Gasteiger partial charge is 0.341 e. The van der Waals surface area contributed by atoms with Crippen LogP contribution in [0, 0.1) is 0 Å². The summed E-state index contributed by atoms with van der Waals surface area (Å²) in [5, 5.41) is 7.94. The van der Waals surface area contributed by atoms with Crippen LogP contribution in [0.5, 0.6) is 0 Å². The Bertz CT molecular complexity index is 495. The van der Waals surface area contributed by atoms with Crippen LogP contribution >= 0.6 is 0 Å². The third kappa shape index (κ3) is 1.84. The number of urea groups is 1. The fourth-order valence-electron chi connectivity index (χ4n) is 1.86. The van der Waals surface area contributed by atoms with Gasteiger partial charge in [-0.1, -0.05) is 6.07 Å². The Hall–Kier alpha value is -2.04. The molecular weight excluding hydrogens is 218 g/mol. The van der Waals surface area contributed by atoms with Crippen molar-refractivity contribution in [1.82, 2.24) is 5.32 Å². The summed E-state index contributed by atoms with van der Waals surface area (Å²) in [6.45, 7) is 3.75. The highest BCUT2D eigenvalue weighted by Crippen LogP contribution is 2.38. The summed E-state index contributed by atoms with van der Waals surface area (Å²) in [4.78, 5) is 22.9. The topological polar surface area (TPSA) is 70.2 Å². The fraction of sp³-hybridized carbons (Fsp3) is 0.333. The molecule has 3 amide bonds. The second-order valence-corrected chi connectivity index (χ2v) is 4.54. The fourth-order valence-corrected chi connectivity index (χ4v) is 1.86. The summed E-state index contributed by atoms with van der Waals surface area (Å²) < 4.78 is 0. The summed E-state index contributed by atoms with van der Waals surface area (Å²) in [6.07, 6.45) is 0. The molecule has 0 fully saturated rings. The number of benzene rings is 1. The average Bonchev–Trinajstić information content (AvgIpc) is 2.49. The van der Waals surface area contributed by atoms with Crippen molar-refractivity contribution in [2.45, 2.75) is 19.3 Å². The maximum absolute atomic E-state index is 11.7. The number of fused-ring (bicyclic) bond motifs is 1. The SMILES string of the molecule is CNC(=O)Nc1ccc2c(c1)NC(=O)C2(C)C. The molecule has 5 nitrogen and oxygen atoms in total. The second kappa shape index (κ2) is 3.76. The lowest BCUT2D eigenvalue weighted by molar-refractivity contribution is -0.119. The zero-order valence-electron chi connectivity index (χ0n) is 10.0. The maximum Gasteiger partial charge on any atom is 0.318 e. The van der Waals surface area contributed by atoms with E-state index in [9.17, 15) is 9.59 Å². The quantitative estimate of drug-likeness (QED) is 0.690. The molecule has 3 N–H and O–H groups in total. The van der Waals surface area contributed by atoms with E-state index < -0.39 is 5.41 Å². The van der Waals surface area contributed by atoms with Gasteiger partial charge < -0.3 is 16.0 Å². The minimum atomic E-state index is -0.513. The number of nitrogens with one attached hydrogen (secondary N) is 3. The lowest BCUT2D eigenvalue weighted by Crippen LogP contribution is -2.26. The van der Waals surface area contributed by atoms with E-state index in [1.807, 2.05) is 19.9 Å². The van der Waals surface area contributed by atoms with Crippen molar-refractivity contribution in [3.63, 3.8) is 0 Å². The molecule has 1 aliphatic rings. The maximum atomic E-state index is 11.7. The normalized spacial score (nSPS) is 16.1. The zero-order valence-corrected chi connectivity index (χ0v) is 10.0. The first-order chi connectivity index (χ1) is 7.95. The number of carbonyl (C=O) groups is 2. The van der Waals surface area contributed by atoms with Crippen LogP contribution in [0.4, 0.5) is 16.2 Å². The molecular formula is C12H15N3O2. The lowest BCUT2D eigenvalue weighted by Gasteiger charge is -2.15. The molecule has 0 bridgehead atoms. The molecule has 1 heterocycles. The van der Waals surface area contributed by atoms with Crippen LogP contribution in [0.2, 0.25) is 0 Å². The van der Waals surface area contributed by atoms with E-state index in [0.717, 1.165) is 11.3 Å². The molecule has 0 unspecified atom stereocenters. The Balaban J connectivity index is 2.32. The summed E-state index contributed by atoms with van der Waals surface area (Å²) in [7, 11) is 1.55. The van der Waals surface area contributed by atoms with E-state index in [4.69, 9.17) is 0 Å². The predicted octanol–water partition coefficient (Wildman–Crippen LogP) is 1.67. The van der Waals surface area contributed by atoms with Gasteiger partial charge in [-0.25, -0.2) is 4.79 Å². The molecule has 0 aromatic heterocycles. The van der Waals surface area contributed by atoms with Crippen LogP contribution < -0.4 is 16.0 Å². The summed E-state index contributed by atoms with van der Waals surface area (Å²) >= 11 is 0. The number of hydrogen-bond acceptors (Lipinski definition) is 2. The number of anilines is 2. The van der Waals surface area contributed by atoms with Gasteiger partial charge in [0.15, 0.2) is 0 Å². The van der Waals surface area contributed by atoms with Gasteiger partial charge >= 0.3 is 6.03 Å². The molecule has 5 heteroatoms. The molecule has 1 aromatic carbocycles. The summed E-state index contributed by atoms with van der Waals surface area (Å²) in [5.41, 5.74) is 1.85. The van der Waals surface area contributed by atoms with Gasteiger partial charge in [0, 0.05) is 18.4 Å². The van der Waals surface area contributed by atoms with Crippen molar-refractivity contribution in [3.8, 4) is 0 Å². The van der Waals surface area contributed by atoms with Crippen molar-refractivity contribution in [2.75, 3.05) is 17.7 Å². The van der Waals surface area contributed by atoms with Gasteiger partial charge in [0.2, 0.25) is 5.91 Å². The number of amides is 3. The van der Waals surface area contributed by atoms with Gasteiger partial charge in [0.1, 0.15) is 0 Å². The molecule has 1 aromatic rings. The molecule has 0 aliphatic carbocycles. The lowest BCUT2D eigenvalue weighted by atomic mass is 9.86. The van der Waals surface area contributed by atoms with E-state index in [1.54, 1.807) is 19.2 Å². The predicted molar refractivity (Wildman–Crippen MR) is 66.2 cm³/mol. The van der Waals surface area contributed by atoms with Crippen LogP contribution in [0.15, 0.2) is 18.2 Å². The summed E-state index contributed by atoms with van der Waals surface area (Å²) in [6, 6.07) is 5.12. The molecule has 0 spiro atoms. The van der Waals surface area contributed by atoms with E-state index in [-0.39, 0.29) is 11.9 Å². The first-order valence-corrected chi connectivity index (χ1v) is 5.40. The molecule has 1 aliphatic heterocycles. The van der Waals surface area contributed by atoms with Crippen LogP contribution in [-0.4, -0.2) is 19.0 Å². The minimum Gasteiger partial charge on any atom is -0.341 e. The van der Waals surface area contributed by atoms with Gasteiger partial charge in [-0.2, -0.15) is 0 Å². The van der Waals surface area contributed by atoms with Gasteiger partial charge in [-0.3, -0.25) is 4.79 Å². The summed E-state index contributed by atoms with van der Waals surface area (Å²) in [5.74, 6) is -0.0235. The molecule has 90 valence electrons. The van der Waals surface area contributed by atoms with E-state index in [0.29, 0.717) is 5.69 Å². The number of carbonyl (C=O) groups excluding carboxylic acids is 2. The molecule has 0 saturated carbocycles. The highest BCUT2D eigenvalue weighted by Gasteiger charge is 2.38. The van der Waals surface area contributed by atoms with Crippen molar-refractivity contribution < 1.29 is 9.59 Å². The van der Waals surface area contributed by atoms with Crippen molar-refractivity contribution >= 4 is 23.3 Å². The Morgan fingerprint density at radius 1 is 1.35 bits per heavy atom.